The molecular weight excluding hydrogens is 299 g/mol. The average Bonchev–Trinajstić information content (AvgIpc) is 3.01. The zero-order valence-corrected chi connectivity index (χ0v) is 12.2. The number of hydrazone groups is 1. The SMILES string of the molecule is Cn1c(Cl)cnc1[C@H]1CC(c2cc(Cl)ccc2O)=NN1. The van der Waals surface area contributed by atoms with Gasteiger partial charge in [0.2, 0.25) is 0 Å². The van der Waals surface area contributed by atoms with Gasteiger partial charge in [-0.2, -0.15) is 5.10 Å². The molecule has 0 amide bonds. The number of benzene rings is 1. The van der Waals surface area contributed by atoms with Crippen LogP contribution < -0.4 is 5.43 Å². The lowest BCUT2D eigenvalue weighted by atomic mass is 10.0. The summed E-state index contributed by atoms with van der Waals surface area (Å²) in [4.78, 5) is 4.27. The third-order valence-electron chi connectivity index (χ3n) is 3.30. The van der Waals surface area contributed by atoms with Gasteiger partial charge in [-0.1, -0.05) is 23.2 Å². The van der Waals surface area contributed by atoms with Crippen LogP contribution in [0.5, 0.6) is 5.75 Å². The molecule has 2 aromatic rings. The van der Waals surface area contributed by atoms with E-state index < -0.39 is 0 Å². The van der Waals surface area contributed by atoms with Gasteiger partial charge in [0.05, 0.1) is 11.9 Å². The number of aromatic hydroxyl groups is 1. The quantitative estimate of drug-likeness (QED) is 0.896. The summed E-state index contributed by atoms with van der Waals surface area (Å²) >= 11 is 11.9. The summed E-state index contributed by atoms with van der Waals surface area (Å²) in [6.45, 7) is 0. The highest BCUT2D eigenvalue weighted by molar-refractivity contribution is 6.31. The zero-order chi connectivity index (χ0) is 14.3. The van der Waals surface area contributed by atoms with Crippen molar-refractivity contribution in [1.29, 1.82) is 0 Å². The van der Waals surface area contributed by atoms with Gasteiger partial charge in [0, 0.05) is 24.1 Å². The molecular formula is C13H12Cl2N4O. The lowest BCUT2D eigenvalue weighted by Gasteiger charge is -2.10. The summed E-state index contributed by atoms with van der Waals surface area (Å²) in [6.07, 6.45) is 2.21. The molecule has 1 atom stereocenters. The number of hydrogen-bond donors (Lipinski definition) is 2. The fraction of sp³-hybridized carbons (Fsp3) is 0.231. The van der Waals surface area contributed by atoms with E-state index in [9.17, 15) is 5.11 Å². The van der Waals surface area contributed by atoms with E-state index in [-0.39, 0.29) is 11.8 Å². The Bertz CT molecular complexity index is 696. The van der Waals surface area contributed by atoms with Crippen molar-refractivity contribution in [3.63, 3.8) is 0 Å². The van der Waals surface area contributed by atoms with Gasteiger partial charge >= 0.3 is 0 Å². The monoisotopic (exact) mass is 310 g/mol. The molecule has 0 saturated heterocycles. The zero-order valence-electron chi connectivity index (χ0n) is 10.6. The number of imidazole rings is 1. The number of phenolic OH excluding ortho intramolecular Hbond substituents is 1. The fourth-order valence-electron chi connectivity index (χ4n) is 2.22. The summed E-state index contributed by atoms with van der Waals surface area (Å²) in [7, 11) is 1.85. The number of phenols is 1. The van der Waals surface area contributed by atoms with Crippen LogP contribution in [0.2, 0.25) is 10.2 Å². The number of aromatic nitrogens is 2. The van der Waals surface area contributed by atoms with E-state index in [0.717, 1.165) is 11.5 Å². The first-order chi connectivity index (χ1) is 9.56. The van der Waals surface area contributed by atoms with Crippen LogP contribution in [-0.4, -0.2) is 20.4 Å². The van der Waals surface area contributed by atoms with Gasteiger partial charge in [0.15, 0.2) is 0 Å². The molecule has 1 aliphatic rings. The number of rotatable bonds is 2. The first-order valence-electron chi connectivity index (χ1n) is 6.04. The Kier molecular flexibility index (Phi) is 3.31. The van der Waals surface area contributed by atoms with Gasteiger partial charge in [-0.3, -0.25) is 5.43 Å². The molecule has 0 aliphatic carbocycles. The van der Waals surface area contributed by atoms with Gasteiger partial charge < -0.3 is 9.67 Å². The first-order valence-corrected chi connectivity index (χ1v) is 6.80. The molecule has 0 fully saturated rings. The maximum absolute atomic E-state index is 9.90. The van der Waals surface area contributed by atoms with Gasteiger partial charge in [0.1, 0.15) is 22.8 Å². The molecule has 0 bridgehead atoms. The van der Waals surface area contributed by atoms with Crippen molar-refractivity contribution >= 4 is 28.9 Å². The Hall–Kier alpha value is -1.72. The molecule has 0 spiro atoms. The topological polar surface area (TPSA) is 62.4 Å². The lowest BCUT2D eigenvalue weighted by molar-refractivity contribution is 0.474. The van der Waals surface area contributed by atoms with Gasteiger partial charge in [-0.15, -0.1) is 0 Å². The van der Waals surface area contributed by atoms with Crippen LogP contribution in [0.3, 0.4) is 0 Å². The molecule has 20 heavy (non-hydrogen) atoms. The predicted molar refractivity (Wildman–Crippen MR) is 78.4 cm³/mol. The molecule has 2 heterocycles. The average molecular weight is 311 g/mol. The van der Waals surface area contributed by atoms with E-state index in [0.29, 0.717) is 22.2 Å². The number of hydrogen-bond acceptors (Lipinski definition) is 4. The van der Waals surface area contributed by atoms with Crippen molar-refractivity contribution in [1.82, 2.24) is 15.0 Å². The summed E-state index contributed by atoms with van der Waals surface area (Å²) < 4.78 is 1.80. The fourth-order valence-corrected chi connectivity index (χ4v) is 2.53. The highest BCUT2D eigenvalue weighted by atomic mass is 35.5. The smallest absolute Gasteiger partial charge is 0.134 e. The highest BCUT2D eigenvalue weighted by Gasteiger charge is 2.26. The molecule has 104 valence electrons. The molecule has 7 heteroatoms. The number of nitrogens with one attached hydrogen (secondary N) is 1. The predicted octanol–water partition coefficient (Wildman–Crippen LogP) is 2.87. The lowest BCUT2D eigenvalue weighted by Crippen LogP contribution is -2.15. The van der Waals surface area contributed by atoms with Crippen LogP contribution in [0.1, 0.15) is 23.9 Å². The molecule has 0 saturated carbocycles. The van der Waals surface area contributed by atoms with E-state index in [4.69, 9.17) is 23.2 Å². The van der Waals surface area contributed by atoms with Crippen LogP contribution in [0.15, 0.2) is 29.5 Å². The van der Waals surface area contributed by atoms with Crippen molar-refractivity contribution in [2.24, 2.45) is 12.1 Å². The molecule has 1 aromatic carbocycles. The van der Waals surface area contributed by atoms with E-state index >= 15 is 0 Å². The largest absolute Gasteiger partial charge is 0.507 e. The summed E-state index contributed by atoms with van der Waals surface area (Å²) in [5, 5.41) is 15.3. The minimum atomic E-state index is -0.0686. The standard InChI is InChI=1S/C13H12Cl2N4O/c1-19-12(15)6-16-13(19)10-5-9(17-18-10)8-4-7(14)2-3-11(8)20/h2-4,6,10,18,20H,5H2,1H3/t10-/m1/s1. The van der Waals surface area contributed by atoms with Gasteiger partial charge in [-0.25, -0.2) is 4.98 Å². The van der Waals surface area contributed by atoms with Crippen molar-refractivity contribution in [2.75, 3.05) is 0 Å². The Morgan fingerprint density at radius 3 is 2.90 bits per heavy atom. The molecule has 5 nitrogen and oxygen atoms in total. The van der Waals surface area contributed by atoms with Gasteiger partial charge in [0.25, 0.3) is 0 Å². The van der Waals surface area contributed by atoms with E-state index in [1.54, 1.807) is 29.0 Å². The van der Waals surface area contributed by atoms with Gasteiger partial charge in [-0.05, 0) is 18.2 Å². The van der Waals surface area contributed by atoms with Crippen LogP contribution >= 0.6 is 23.2 Å². The number of nitrogens with zero attached hydrogens (tertiary/aromatic N) is 3. The summed E-state index contributed by atoms with van der Waals surface area (Å²) in [6, 6.07) is 4.83. The minimum absolute atomic E-state index is 0.0686. The van der Waals surface area contributed by atoms with Crippen LogP contribution in [0.25, 0.3) is 0 Å². The van der Waals surface area contributed by atoms with E-state index in [1.807, 2.05) is 7.05 Å². The second-order valence-electron chi connectivity index (χ2n) is 4.60. The maximum atomic E-state index is 9.90. The van der Waals surface area contributed by atoms with Crippen molar-refractivity contribution in [2.45, 2.75) is 12.5 Å². The van der Waals surface area contributed by atoms with Crippen molar-refractivity contribution in [3.05, 3.63) is 46.0 Å². The van der Waals surface area contributed by atoms with E-state index in [2.05, 4.69) is 15.5 Å². The Morgan fingerprint density at radius 2 is 2.20 bits per heavy atom. The van der Waals surface area contributed by atoms with Crippen molar-refractivity contribution < 1.29 is 5.11 Å². The molecule has 3 rings (SSSR count). The first kappa shape index (κ1) is 13.3. The maximum Gasteiger partial charge on any atom is 0.134 e. The van der Waals surface area contributed by atoms with Crippen LogP contribution in [0.4, 0.5) is 0 Å². The number of halogens is 2. The Morgan fingerprint density at radius 1 is 1.40 bits per heavy atom. The molecule has 2 N–H and O–H groups in total. The minimum Gasteiger partial charge on any atom is -0.507 e. The van der Waals surface area contributed by atoms with Crippen LogP contribution in [-0.2, 0) is 7.05 Å². The normalized spacial score (nSPS) is 17.9. The summed E-state index contributed by atoms with van der Waals surface area (Å²) in [5.41, 5.74) is 4.39. The van der Waals surface area contributed by atoms with Crippen LogP contribution in [0, 0.1) is 0 Å². The highest BCUT2D eigenvalue weighted by Crippen LogP contribution is 2.29. The second-order valence-corrected chi connectivity index (χ2v) is 5.43. The molecule has 1 aliphatic heterocycles. The summed E-state index contributed by atoms with van der Waals surface area (Å²) in [5.74, 6) is 0.962. The Labute approximate surface area is 125 Å². The molecule has 1 aromatic heterocycles. The Balaban J connectivity index is 1.86. The van der Waals surface area contributed by atoms with Crippen molar-refractivity contribution in [3.8, 4) is 5.75 Å². The molecule has 0 radical (unpaired) electrons. The second kappa shape index (κ2) is 5.00. The third kappa shape index (κ3) is 2.23. The third-order valence-corrected chi connectivity index (χ3v) is 3.89. The molecule has 0 unspecified atom stereocenters. The van der Waals surface area contributed by atoms with E-state index in [1.165, 1.54) is 0 Å².